The monoisotopic (exact) mass is 374 g/mol. The molecule has 1 heterocycles. The molecule has 0 spiro atoms. The molecule has 0 aliphatic carbocycles. The lowest BCUT2D eigenvalue weighted by Crippen LogP contribution is -2.40. The van der Waals surface area contributed by atoms with Crippen molar-refractivity contribution in [2.24, 2.45) is 5.92 Å². The van der Waals surface area contributed by atoms with Gasteiger partial charge >= 0.3 is 0 Å². The second kappa shape index (κ2) is 10.2. The summed E-state index contributed by atoms with van der Waals surface area (Å²) in [5, 5.41) is 3.23. The van der Waals surface area contributed by atoms with Gasteiger partial charge in [-0.2, -0.15) is 0 Å². The molecule has 5 heteroatoms. The molecule has 0 atom stereocenters. The lowest BCUT2D eigenvalue weighted by atomic mass is 9.96. The summed E-state index contributed by atoms with van der Waals surface area (Å²) in [5.41, 5.74) is 1.69. The van der Waals surface area contributed by atoms with Gasteiger partial charge in [0.15, 0.2) is 0 Å². The van der Waals surface area contributed by atoms with Gasteiger partial charge < -0.3 is 15.0 Å². The highest BCUT2D eigenvalue weighted by atomic mass is 35.5. The molecule has 1 N–H and O–H groups in total. The van der Waals surface area contributed by atoms with Gasteiger partial charge in [0.25, 0.3) is 5.91 Å². The molecule has 2 aromatic rings. The fourth-order valence-corrected chi connectivity index (χ4v) is 3.33. The smallest absolute Gasteiger partial charge is 0.254 e. The van der Waals surface area contributed by atoms with Crippen molar-refractivity contribution in [1.29, 1.82) is 0 Å². The number of hydrogen-bond donors (Lipinski definition) is 1. The maximum Gasteiger partial charge on any atom is 0.254 e. The van der Waals surface area contributed by atoms with E-state index in [9.17, 15) is 4.79 Å². The van der Waals surface area contributed by atoms with Crippen LogP contribution in [0.3, 0.4) is 0 Å². The summed E-state index contributed by atoms with van der Waals surface area (Å²) < 4.78 is 5.84. The molecular formula is C21H27ClN2O2. The Balaban J connectivity index is 0.00000243. The highest BCUT2D eigenvalue weighted by Gasteiger charge is 2.24. The van der Waals surface area contributed by atoms with Crippen molar-refractivity contribution in [3.63, 3.8) is 0 Å². The predicted octanol–water partition coefficient (Wildman–Crippen LogP) is 3.76. The molecule has 0 saturated carbocycles. The number of likely N-dealkylation sites (tertiary alicyclic amines) is 1. The first-order valence-corrected chi connectivity index (χ1v) is 8.97. The second-order valence-electron chi connectivity index (χ2n) is 6.55. The average Bonchev–Trinajstić information content (AvgIpc) is 2.68. The van der Waals surface area contributed by atoms with Crippen LogP contribution in [0.1, 0.15) is 28.8 Å². The van der Waals surface area contributed by atoms with E-state index in [2.05, 4.69) is 5.32 Å². The molecule has 0 radical (unpaired) electrons. The van der Waals surface area contributed by atoms with Crippen LogP contribution in [-0.2, 0) is 6.61 Å². The van der Waals surface area contributed by atoms with Crippen LogP contribution in [0.4, 0.5) is 0 Å². The minimum atomic E-state index is 0. The highest BCUT2D eigenvalue weighted by molar-refractivity contribution is 5.95. The molecule has 1 aliphatic heterocycles. The lowest BCUT2D eigenvalue weighted by molar-refractivity contribution is 0.0688. The number of nitrogens with zero attached hydrogens (tertiary/aromatic N) is 1. The van der Waals surface area contributed by atoms with E-state index in [-0.39, 0.29) is 18.3 Å². The first-order chi connectivity index (χ1) is 12.3. The highest BCUT2D eigenvalue weighted by Crippen LogP contribution is 2.21. The fraction of sp³-hybridized carbons (Fsp3) is 0.381. The van der Waals surface area contributed by atoms with Crippen LogP contribution in [0, 0.1) is 5.92 Å². The Hall–Kier alpha value is -2.04. The topological polar surface area (TPSA) is 41.6 Å². The molecule has 1 fully saturated rings. The number of piperidine rings is 1. The third-order valence-electron chi connectivity index (χ3n) is 4.78. The van der Waals surface area contributed by atoms with E-state index in [1.807, 2.05) is 66.5 Å². The van der Waals surface area contributed by atoms with E-state index in [1.165, 1.54) is 0 Å². The van der Waals surface area contributed by atoms with Crippen LogP contribution in [0.25, 0.3) is 0 Å². The summed E-state index contributed by atoms with van der Waals surface area (Å²) in [6, 6.07) is 17.5. The fourth-order valence-electron chi connectivity index (χ4n) is 3.33. The number of hydrogen-bond acceptors (Lipinski definition) is 3. The molecule has 1 aliphatic rings. The number of carbonyl (C=O) groups is 1. The van der Waals surface area contributed by atoms with Crippen LogP contribution in [0.5, 0.6) is 5.75 Å². The number of carbonyl (C=O) groups excluding carboxylic acids is 1. The van der Waals surface area contributed by atoms with Gasteiger partial charge in [0.2, 0.25) is 0 Å². The summed E-state index contributed by atoms with van der Waals surface area (Å²) in [6.07, 6.45) is 2.13. The third kappa shape index (κ3) is 5.23. The molecule has 1 amide bonds. The number of ether oxygens (including phenoxy) is 1. The van der Waals surface area contributed by atoms with E-state index in [1.54, 1.807) is 0 Å². The van der Waals surface area contributed by atoms with E-state index in [4.69, 9.17) is 4.74 Å². The van der Waals surface area contributed by atoms with E-state index in [0.717, 1.165) is 49.4 Å². The number of nitrogens with one attached hydrogen (secondary N) is 1. The minimum Gasteiger partial charge on any atom is -0.489 e. The third-order valence-corrected chi connectivity index (χ3v) is 4.78. The molecule has 4 nitrogen and oxygen atoms in total. The number of rotatable bonds is 6. The molecule has 2 aromatic carbocycles. The predicted molar refractivity (Wildman–Crippen MR) is 107 cm³/mol. The maximum absolute atomic E-state index is 13.0. The van der Waals surface area contributed by atoms with Gasteiger partial charge in [0.05, 0.1) is 0 Å². The Morgan fingerprint density at radius 2 is 1.73 bits per heavy atom. The van der Waals surface area contributed by atoms with Crippen molar-refractivity contribution < 1.29 is 9.53 Å². The van der Waals surface area contributed by atoms with Crippen LogP contribution < -0.4 is 10.1 Å². The number of amides is 1. The van der Waals surface area contributed by atoms with Crippen LogP contribution in [0.2, 0.25) is 0 Å². The van der Waals surface area contributed by atoms with E-state index >= 15 is 0 Å². The summed E-state index contributed by atoms with van der Waals surface area (Å²) in [6.45, 7) is 3.10. The van der Waals surface area contributed by atoms with Gasteiger partial charge in [-0.1, -0.05) is 36.4 Å². The summed E-state index contributed by atoms with van der Waals surface area (Å²) in [4.78, 5) is 14.9. The molecule has 26 heavy (non-hydrogen) atoms. The summed E-state index contributed by atoms with van der Waals surface area (Å²) in [5.74, 6) is 1.61. The zero-order chi connectivity index (χ0) is 17.5. The van der Waals surface area contributed by atoms with Crippen molar-refractivity contribution in [3.05, 3.63) is 65.7 Å². The molecule has 0 aromatic heterocycles. The quantitative estimate of drug-likeness (QED) is 0.837. The van der Waals surface area contributed by atoms with Crippen LogP contribution in [0.15, 0.2) is 54.6 Å². The van der Waals surface area contributed by atoms with Gasteiger partial charge in [-0.25, -0.2) is 0 Å². The van der Waals surface area contributed by atoms with Gasteiger partial charge in [-0.3, -0.25) is 4.79 Å². The minimum absolute atomic E-state index is 0. The van der Waals surface area contributed by atoms with Gasteiger partial charge in [-0.05, 0) is 50.6 Å². The Kier molecular flexibility index (Phi) is 7.95. The van der Waals surface area contributed by atoms with Crippen molar-refractivity contribution in [2.75, 3.05) is 26.7 Å². The first-order valence-electron chi connectivity index (χ1n) is 8.97. The Bertz CT molecular complexity index is 685. The normalized spacial score (nSPS) is 14.6. The standard InChI is InChI=1S/C21H26N2O2.ClH/c1-22-15-17-11-13-23(14-12-17)21(24)20-10-6-5-7-18(20)16-25-19-8-3-2-4-9-19;/h2-10,17,22H,11-16H2,1H3;1H. The van der Waals surface area contributed by atoms with Crippen molar-refractivity contribution in [2.45, 2.75) is 19.4 Å². The van der Waals surface area contributed by atoms with Gasteiger partial charge in [-0.15, -0.1) is 12.4 Å². The van der Waals surface area contributed by atoms with Crippen LogP contribution >= 0.6 is 12.4 Å². The average molecular weight is 375 g/mol. The second-order valence-corrected chi connectivity index (χ2v) is 6.55. The Morgan fingerprint density at radius 3 is 2.42 bits per heavy atom. The molecular weight excluding hydrogens is 348 g/mol. The number of benzene rings is 2. The molecule has 0 unspecified atom stereocenters. The zero-order valence-electron chi connectivity index (χ0n) is 15.2. The molecule has 1 saturated heterocycles. The number of para-hydroxylation sites is 1. The SMILES string of the molecule is CNCC1CCN(C(=O)c2ccccc2COc2ccccc2)CC1.Cl. The number of halogens is 1. The largest absolute Gasteiger partial charge is 0.489 e. The summed E-state index contributed by atoms with van der Waals surface area (Å²) in [7, 11) is 1.99. The Morgan fingerprint density at radius 1 is 1.08 bits per heavy atom. The van der Waals surface area contributed by atoms with Gasteiger partial charge in [0.1, 0.15) is 12.4 Å². The van der Waals surface area contributed by atoms with Crippen molar-refractivity contribution >= 4 is 18.3 Å². The lowest BCUT2D eigenvalue weighted by Gasteiger charge is -2.32. The van der Waals surface area contributed by atoms with E-state index < -0.39 is 0 Å². The van der Waals surface area contributed by atoms with Crippen LogP contribution in [-0.4, -0.2) is 37.5 Å². The molecule has 3 rings (SSSR count). The van der Waals surface area contributed by atoms with Crippen molar-refractivity contribution in [3.8, 4) is 5.75 Å². The maximum atomic E-state index is 13.0. The molecule has 0 bridgehead atoms. The summed E-state index contributed by atoms with van der Waals surface area (Å²) >= 11 is 0. The zero-order valence-corrected chi connectivity index (χ0v) is 16.0. The Labute approximate surface area is 162 Å². The first kappa shape index (κ1) is 20.3. The van der Waals surface area contributed by atoms with Crippen molar-refractivity contribution in [1.82, 2.24) is 10.2 Å². The van der Waals surface area contributed by atoms with Gasteiger partial charge in [0, 0.05) is 24.2 Å². The molecule has 140 valence electrons. The van der Waals surface area contributed by atoms with E-state index in [0.29, 0.717) is 12.5 Å².